The van der Waals surface area contributed by atoms with Gasteiger partial charge in [-0.2, -0.15) is 0 Å². The fourth-order valence-corrected chi connectivity index (χ4v) is 1.35. The summed E-state index contributed by atoms with van der Waals surface area (Å²) in [5.41, 5.74) is 0. The Morgan fingerprint density at radius 3 is 2.00 bits per heavy atom. The van der Waals surface area contributed by atoms with Crippen molar-refractivity contribution in [3.8, 4) is 12.3 Å². The van der Waals surface area contributed by atoms with E-state index in [4.69, 9.17) is 6.42 Å². The summed E-state index contributed by atoms with van der Waals surface area (Å²) in [6.07, 6.45) is 6.46. The summed E-state index contributed by atoms with van der Waals surface area (Å²) in [6, 6.07) is 0. The van der Waals surface area contributed by atoms with Gasteiger partial charge in [0.2, 0.25) is 0 Å². The number of carbonyl (C=O) groups is 2. The zero-order chi connectivity index (χ0) is 12.1. The van der Waals surface area contributed by atoms with Crippen LogP contribution in [0, 0.1) is 12.3 Å². The van der Waals surface area contributed by atoms with Gasteiger partial charge in [0.05, 0.1) is 14.2 Å². The van der Waals surface area contributed by atoms with E-state index in [1.165, 1.54) is 36.4 Å². The Morgan fingerprint density at radius 1 is 1.25 bits per heavy atom. The third-order valence-electron chi connectivity index (χ3n) is 2.10. The monoisotopic (exact) mass is 224 g/mol. The molecule has 0 unspecified atom stereocenters. The van der Waals surface area contributed by atoms with Crippen LogP contribution in [-0.2, 0) is 9.47 Å². The van der Waals surface area contributed by atoms with Crippen LogP contribution in [0.5, 0.6) is 0 Å². The molecule has 6 nitrogen and oxygen atoms in total. The Hall–Kier alpha value is -2.16. The van der Waals surface area contributed by atoms with Crippen molar-refractivity contribution in [2.75, 3.05) is 14.2 Å². The van der Waals surface area contributed by atoms with Crippen LogP contribution in [0.3, 0.4) is 0 Å². The van der Waals surface area contributed by atoms with E-state index in [0.717, 1.165) is 0 Å². The maximum Gasteiger partial charge on any atom is 0.415 e. The Kier molecular flexibility index (Phi) is 3.78. The molecule has 0 saturated carbocycles. The molecule has 16 heavy (non-hydrogen) atoms. The number of methoxy groups -OCH3 is 2. The van der Waals surface area contributed by atoms with E-state index in [1.807, 2.05) is 0 Å². The van der Waals surface area contributed by atoms with Gasteiger partial charge >= 0.3 is 12.2 Å². The van der Waals surface area contributed by atoms with E-state index in [9.17, 15) is 9.59 Å². The van der Waals surface area contributed by atoms with Crippen LogP contribution >= 0.6 is 0 Å². The van der Waals surface area contributed by atoms with Crippen LogP contribution in [0.2, 0.25) is 0 Å². The van der Waals surface area contributed by atoms with Gasteiger partial charge in [0.15, 0.2) is 0 Å². The molecule has 1 aliphatic rings. The van der Waals surface area contributed by atoms with Crippen LogP contribution in [0.15, 0.2) is 12.4 Å². The van der Waals surface area contributed by atoms with Crippen molar-refractivity contribution in [1.82, 2.24) is 9.80 Å². The molecule has 1 rings (SSSR count). The molecular weight excluding hydrogens is 212 g/mol. The van der Waals surface area contributed by atoms with Gasteiger partial charge in [-0.05, 0) is 0 Å². The number of terminal acetylenes is 1. The van der Waals surface area contributed by atoms with Crippen LogP contribution in [0.25, 0.3) is 0 Å². The molecule has 2 amide bonds. The molecule has 1 heterocycles. The average molecular weight is 224 g/mol. The van der Waals surface area contributed by atoms with E-state index in [2.05, 4.69) is 15.4 Å². The van der Waals surface area contributed by atoms with Gasteiger partial charge in [0, 0.05) is 18.8 Å². The lowest BCUT2D eigenvalue weighted by molar-refractivity contribution is 0.0867. The molecule has 0 atom stereocenters. The molecule has 0 radical (unpaired) electrons. The highest BCUT2D eigenvalue weighted by molar-refractivity contribution is 5.74. The summed E-state index contributed by atoms with van der Waals surface area (Å²) in [4.78, 5) is 25.2. The maximum atomic E-state index is 11.4. The van der Waals surface area contributed by atoms with Crippen molar-refractivity contribution in [2.45, 2.75) is 12.6 Å². The first kappa shape index (κ1) is 11.9. The summed E-state index contributed by atoms with van der Waals surface area (Å²) in [5.74, 6) is 2.39. The van der Waals surface area contributed by atoms with Crippen molar-refractivity contribution < 1.29 is 19.1 Å². The number of carbonyl (C=O) groups excluding carboxylic acids is 2. The molecule has 0 fully saturated rings. The number of hydrogen-bond donors (Lipinski definition) is 0. The summed E-state index contributed by atoms with van der Waals surface area (Å²) < 4.78 is 9.12. The first-order valence-corrected chi connectivity index (χ1v) is 4.50. The topological polar surface area (TPSA) is 59.1 Å². The minimum atomic E-state index is -0.593. The van der Waals surface area contributed by atoms with Gasteiger partial charge in [0.25, 0.3) is 0 Å². The van der Waals surface area contributed by atoms with Crippen molar-refractivity contribution in [2.24, 2.45) is 0 Å². The van der Waals surface area contributed by atoms with Crippen LogP contribution < -0.4 is 0 Å². The molecule has 0 aromatic carbocycles. The van der Waals surface area contributed by atoms with Crippen molar-refractivity contribution >= 4 is 12.2 Å². The van der Waals surface area contributed by atoms with Crippen LogP contribution in [-0.4, -0.2) is 42.4 Å². The molecule has 0 N–H and O–H groups in total. The van der Waals surface area contributed by atoms with Crippen molar-refractivity contribution in [3.05, 3.63) is 12.4 Å². The first-order valence-electron chi connectivity index (χ1n) is 4.50. The number of hydrogen-bond acceptors (Lipinski definition) is 4. The number of ether oxygens (including phenoxy) is 2. The number of nitrogens with zero attached hydrogens (tertiary/aromatic N) is 2. The normalized spacial score (nSPS) is 14.8. The smallest absolute Gasteiger partial charge is 0.415 e. The van der Waals surface area contributed by atoms with Gasteiger partial charge in [-0.3, -0.25) is 9.80 Å². The van der Waals surface area contributed by atoms with Crippen LogP contribution in [0.1, 0.15) is 6.42 Å². The van der Waals surface area contributed by atoms with E-state index < -0.39 is 18.4 Å². The van der Waals surface area contributed by atoms with Gasteiger partial charge in [-0.15, -0.1) is 12.3 Å². The Morgan fingerprint density at radius 2 is 1.69 bits per heavy atom. The molecular formula is C10H12N2O4. The SMILES string of the molecule is C#CCC1N(C(=O)OC)C=CN1C(=O)OC. The molecule has 86 valence electrons. The lowest BCUT2D eigenvalue weighted by Crippen LogP contribution is -2.44. The average Bonchev–Trinajstić information content (AvgIpc) is 2.71. The van der Waals surface area contributed by atoms with Crippen molar-refractivity contribution in [1.29, 1.82) is 0 Å². The second-order valence-electron chi connectivity index (χ2n) is 2.94. The lowest BCUT2D eigenvalue weighted by Gasteiger charge is -2.26. The molecule has 0 aromatic heterocycles. The Labute approximate surface area is 93.4 Å². The summed E-state index contributed by atoms with van der Waals surface area (Å²) in [5, 5.41) is 0. The molecule has 1 aliphatic heterocycles. The van der Waals surface area contributed by atoms with E-state index in [1.54, 1.807) is 0 Å². The minimum absolute atomic E-state index is 0.192. The fraction of sp³-hybridized carbons (Fsp3) is 0.400. The minimum Gasteiger partial charge on any atom is -0.452 e. The highest BCUT2D eigenvalue weighted by atomic mass is 16.6. The van der Waals surface area contributed by atoms with Gasteiger partial charge in [-0.1, -0.05) is 0 Å². The molecule has 0 aliphatic carbocycles. The second kappa shape index (κ2) is 5.07. The highest BCUT2D eigenvalue weighted by Crippen LogP contribution is 2.20. The highest BCUT2D eigenvalue weighted by Gasteiger charge is 2.34. The number of rotatable bonds is 1. The van der Waals surface area contributed by atoms with Gasteiger partial charge in [0.1, 0.15) is 6.17 Å². The van der Waals surface area contributed by atoms with Gasteiger partial charge in [-0.25, -0.2) is 9.59 Å². The first-order chi connectivity index (χ1) is 7.65. The lowest BCUT2D eigenvalue weighted by atomic mass is 10.3. The molecule has 0 saturated heterocycles. The predicted octanol–water partition coefficient (Wildman–Crippen LogP) is 0.957. The van der Waals surface area contributed by atoms with Gasteiger partial charge < -0.3 is 9.47 Å². The van der Waals surface area contributed by atoms with E-state index >= 15 is 0 Å². The predicted molar refractivity (Wildman–Crippen MR) is 54.9 cm³/mol. The zero-order valence-corrected chi connectivity index (χ0v) is 9.04. The summed E-state index contributed by atoms with van der Waals surface area (Å²) in [7, 11) is 2.51. The summed E-state index contributed by atoms with van der Waals surface area (Å²) in [6.45, 7) is 0. The number of amides is 2. The Bertz CT molecular complexity index is 332. The van der Waals surface area contributed by atoms with Crippen LogP contribution in [0.4, 0.5) is 9.59 Å². The standard InChI is InChI=1S/C10H12N2O4/c1-4-5-8-11(9(13)15-2)6-7-12(8)10(14)16-3/h1,6-8H,5H2,2-3H3. The van der Waals surface area contributed by atoms with E-state index in [0.29, 0.717) is 0 Å². The Balaban J connectivity index is 2.85. The third kappa shape index (κ3) is 2.08. The fourth-order valence-electron chi connectivity index (χ4n) is 1.35. The third-order valence-corrected chi connectivity index (χ3v) is 2.10. The van der Waals surface area contributed by atoms with E-state index in [-0.39, 0.29) is 6.42 Å². The van der Waals surface area contributed by atoms with Crippen molar-refractivity contribution in [3.63, 3.8) is 0 Å². The maximum absolute atomic E-state index is 11.4. The zero-order valence-electron chi connectivity index (χ0n) is 9.04. The molecule has 6 heteroatoms. The molecule has 0 aromatic rings. The second-order valence-corrected chi connectivity index (χ2v) is 2.94. The quantitative estimate of drug-likeness (QED) is 0.622. The largest absolute Gasteiger partial charge is 0.452 e. The molecule has 0 spiro atoms. The summed E-state index contributed by atoms with van der Waals surface area (Å²) >= 11 is 0. The molecule has 0 bridgehead atoms.